The van der Waals surface area contributed by atoms with Crippen LogP contribution in [0.2, 0.25) is 0 Å². The molecule has 9 heteroatoms. The van der Waals surface area contributed by atoms with Gasteiger partial charge in [-0.15, -0.1) is 0 Å². The summed E-state index contributed by atoms with van der Waals surface area (Å²) in [6, 6.07) is 14.8. The zero-order valence-corrected chi connectivity index (χ0v) is 18.3. The van der Waals surface area contributed by atoms with E-state index in [4.69, 9.17) is 0 Å². The van der Waals surface area contributed by atoms with Crippen LogP contribution in [0.1, 0.15) is 22.7 Å². The zero-order chi connectivity index (χ0) is 23.9. The van der Waals surface area contributed by atoms with E-state index >= 15 is 0 Å². The predicted molar refractivity (Wildman–Crippen MR) is 118 cm³/mol. The molecule has 5 nitrogen and oxygen atoms in total. The zero-order valence-electron chi connectivity index (χ0n) is 16.7. The number of hydrogen-bond donors (Lipinski definition) is 2. The van der Waals surface area contributed by atoms with Gasteiger partial charge in [0.25, 0.3) is 11.7 Å². The highest BCUT2D eigenvalue weighted by Crippen LogP contribution is 2.43. The van der Waals surface area contributed by atoms with Gasteiger partial charge >= 0.3 is 6.18 Å². The number of aromatic hydroxyl groups is 1. The van der Waals surface area contributed by atoms with E-state index in [9.17, 15) is 33.0 Å². The predicted octanol–water partition coefficient (Wildman–Crippen LogP) is 5.80. The Labute approximate surface area is 194 Å². The lowest BCUT2D eigenvalue weighted by molar-refractivity contribution is -0.137. The van der Waals surface area contributed by atoms with Crippen LogP contribution in [0.25, 0.3) is 5.76 Å². The van der Waals surface area contributed by atoms with Crippen LogP contribution in [-0.4, -0.2) is 21.9 Å². The van der Waals surface area contributed by atoms with Gasteiger partial charge < -0.3 is 10.2 Å². The smallest absolute Gasteiger partial charge is 0.416 e. The molecule has 1 saturated heterocycles. The second-order valence-electron chi connectivity index (χ2n) is 7.32. The van der Waals surface area contributed by atoms with Crippen molar-refractivity contribution >= 4 is 39.1 Å². The number of rotatable bonds is 3. The number of hydrogen-bond acceptors (Lipinski definition) is 4. The van der Waals surface area contributed by atoms with Gasteiger partial charge in [-0.05, 0) is 54.1 Å². The average Bonchev–Trinajstić information content (AvgIpc) is 3.04. The first-order valence-corrected chi connectivity index (χ1v) is 10.4. The van der Waals surface area contributed by atoms with Crippen molar-refractivity contribution in [1.29, 1.82) is 0 Å². The molecule has 1 aliphatic rings. The van der Waals surface area contributed by atoms with Crippen LogP contribution in [-0.2, 0) is 15.8 Å². The minimum absolute atomic E-state index is 0.0355. The number of Topliss-reactive ketones (excluding diaryl/α,β-unsaturated/α-hetero) is 1. The monoisotopic (exact) mass is 517 g/mol. The molecular weight excluding hydrogens is 503 g/mol. The normalized spacial score (nSPS) is 18.1. The fourth-order valence-corrected chi connectivity index (χ4v) is 3.95. The summed E-state index contributed by atoms with van der Waals surface area (Å²) in [7, 11) is 0. The SMILES string of the molecule is O=C1C(=O)N(c2ccc(C(F)(F)F)cc2)C(c2cccc(O)c2)/C1=C(\O)c1ccc(Br)cc1. The van der Waals surface area contributed by atoms with Crippen molar-refractivity contribution in [3.63, 3.8) is 0 Å². The maximum atomic E-state index is 13.0. The summed E-state index contributed by atoms with van der Waals surface area (Å²) in [4.78, 5) is 27.0. The molecule has 1 amide bonds. The lowest BCUT2D eigenvalue weighted by Gasteiger charge is -2.26. The number of anilines is 1. The fraction of sp³-hybridized carbons (Fsp3) is 0.0833. The minimum atomic E-state index is -4.57. The van der Waals surface area contributed by atoms with E-state index in [1.165, 1.54) is 18.2 Å². The minimum Gasteiger partial charge on any atom is -0.508 e. The number of ketones is 1. The highest BCUT2D eigenvalue weighted by Gasteiger charge is 2.47. The van der Waals surface area contributed by atoms with Crippen LogP contribution >= 0.6 is 15.9 Å². The molecule has 3 aromatic rings. The average molecular weight is 518 g/mol. The molecule has 33 heavy (non-hydrogen) atoms. The number of nitrogens with zero attached hydrogens (tertiary/aromatic N) is 1. The molecule has 1 unspecified atom stereocenters. The lowest BCUT2D eigenvalue weighted by Crippen LogP contribution is -2.29. The van der Waals surface area contributed by atoms with Gasteiger partial charge in [0.05, 0.1) is 17.2 Å². The van der Waals surface area contributed by atoms with Gasteiger partial charge in [0.15, 0.2) is 0 Å². The lowest BCUT2D eigenvalue weighted by atomic mass is 9.95. The number of halogens is 4. The molecule has 1 heterocycles. The quantitative estimate of drug-likeness (QED) is 0.261. The summed E-state index contributed by atoms with van der Waals surface area (Å²) in [6.07, 6.45) is -4.57. The van der Waals surface area contributed by atoms with Crippen molar-refractivity contribution in [1.82, 2.24) is 0 Å². The number of phenolic OH excluding ortho intramolecular Hbond substituents is 1. The van der Waals surface area contributed by atoms with E-state index in [1.807, 2.05) is 0 Å². The van der Waals surface area contributed by atoms with Crippen LogP contribution in [0.5, 0.6) is 5.75 Å². The molecule has 1 atom stereocenters. The first kappa shape index (κ1) is 22.6. The summed E-state index contributed by atoms with van der Waals surface area (Å²) in [5.41, 5.74) is -0.547. The molecular formula is C24H15BrF3NO4. The Morgan fingerprint density at radius 3 is 2.15 bits per heavy atom. The van der Waals surface area contributed by atoms with Crippen LogP contribution in [0.4, 0.5) is 18.9 Å². The largest absolute Gasteiger partial charge is 0.508 e. The maximum Gasteiger partial charge on any atom is 0.416 e. The third-order valence-corrected chi connectivity index (χ3v) is 5.75. The highest BCUT2D eigenvalue weighted by atomic mass is 79.9. The van der Waals surface area contributed by atoms with Crippen LogP contribution in [0.15, 0.2) is 82.8 Å². The molecule has 0 spiro atoms. The van der Waals surface area contributed by atoms with Crippen LogP contribution in [0.3, 0.4) is 0 Å². The number of carbonyl (C=O) groups excluding carboxylic acids is 2. The summed E-state index contributed by atoms with van der Waals surface area (Å²) in [5, 5.41) is 20.9. The Morgan fingerprint density at radius 2 is 1.58 bits per heavy atom. The van der Waals surface area contributed by atoms with Gasteiger partial charge in [0, 0.05) is 15.7 Å². The molecule has 2 N–H and O–H groups in total. The fourth-order valence-electron chi connectivity index (χ4n) is 3.68. The second kappa shape index (κ2) is 8.40. The highest BCUT2D eigenvalue weighted by molar-refractivity contribution is 9.10. The van der Waals surface area contributed by atoms with Crippen molar-refractivity contribution in [3.8, 4) is 5.75 Å². The summed E-state index contributed by atoms with van der Waals surface area (Å²) >= 11 is 3.28. The topological polar surface area (TPSA) is 77.8 Å². The van der Waals surface area contributed by atoms with Gasteiger partial charge in [-0.1, -0.05) is 40.2 Å². The Balaban J connectivity index is 1.91. The molecule has 3 aromatic carbocycles. The Kier molecular flexibility index (Phi) is 5.75. The first-order chi connectivity index (χ1) is 15.6. The first-order valence-electron chi connectivity index (χ1n) is 9.61. The molecule has 1 aliphatic heterocycles. The standard InChI is InChI=1S/C24H15BrF3NO4/c25-16-8-4-13(5-9-16)21(31)19-20(14-2-1-3-18(30)12-14)29(23(33)22(19)32)17-10-6-15(7-11-17)24(26,27)28/h1-12,20,30-31H/b21-19+. The third-order valence-electron chi connectivity index (χ3n) is 5.22. The van der Waals surface area contributed by atoms with E-state index < -0.39 is 35.2 Å². The van der Waals surface area contributed by atoms with Crippen molar-refractivity contribution in [2.45, 2.75) is 12.2 Å². The van der Waals surface area contributed by atoms with E-state index in [0.717, 1.165) is 33.6 Å². The van der Waals surface area contributed by atoms with Gasteiger partial charge in [0.2, 0.25) is 0 Å². The van der Waals surface area contributed by atoms with Crippen LogP contribution < -0.4 is 4.90 Å². The van der Waals surface area contributed by atoms with Crippen molar-refractivity contribution in [2.75, 3.05) is 4.90 Å². The van der Waals surface area contributed by atoms with Gasteiger partial charge in [0.1, 0.15) is 11.5 Å². The Morgan fingerprint density at radius 1 is 0.939 bits per heavy atom. The molecule has 0 bridgehead atoms. The van der Waals surface area contributed by atoms with E-state index in [2.05, 4.69) is 15.9 Å². The van der Waals surface area contributed by atoms with Crippen molar-refractivity contribution in [3.05, 3.63) is 99.5 Å². The number of benzene rings is 3. The summed E-state index contributed by atoms with van der Waals surface area (Å²) < 4.78 is 39.7. The third kappa shape index (κ3) is 4.23. The van der Waals surface area contributed by atoms with E-state index in [-0.39, 0.29) is 22.6 Å². The van der Waals surface area contributed by atoms with Crippen molar-refractivity contribution < 1.29 is 33.0 Å². The molecule has 1 fully saturated rings. The molecule has 0 saturated carbocycles. The second-order valence-corrected chi connectivity index (χ2v) is 8.23. The van der Waals surface area contributed by atoms with Crippen molar-refractivity contribution in [2.24, 2.45) is 0 Å². The number of carbonyl (C=O) groups is 2. The molecule has 0 radical (unpaired) electrons. The summed E-state index contributed by atoms with van der Waals surface area (Å²) in [6.45, 7) is 0. The van der Waals surface area contributed by atoms with Crippen LogP contribution in [0, 0.1) is 0 Å². The Bertz CT molecular complexity index is 1270. The van der Waals surface area contributed by atoms with Gasteiger partial charge in [-0.2, -0.15) is 13.2 Å². The number of aliphatic hydroxyl groups is 1. The van der Waals surface area contributed by atoms with E-state index in [0.29, 0.717) is 5.56 Å². The number of alkyl halides is 3. The number of aliphatic hydroxyl groups excluding tert-OH is 1. The van der Waals surface area contributed by atoms with Gasteiger partial charge in [-0.3, -0.25) is 14.5 Å². The molecule has 0 aromatic heterocycles. The molecule has 168 valence electrons. The number of phenols is 1. The summed E-state index contributed by atoms with van der Waals surface area (Å²) in [5.74, 6) is -2.59. The molecule has 0 aliphatic carbocycles. The number of amides is 1. The molecule has 4 rings (SSSR count). The Hall–Kier alpha value is -3.59. The maximum absolute atomic E-state index is 13.0. The van der Waals surface area contributed by atoms with Gasteiger partial charge in [-0.25, -0.2) is 0 Å². The van der Waals surface area contributed by atoms with E-state index in [1.54, 1.807) is 30.3 Å².